The van der Waals surface area contributed by atoms with E-state index in [1.165, 1.54) is 12.1 Å². The van der Waals surface area contributed by atoms with Crippen LogP contribution in [0.2, 0.25) is 0 Å². The van der Waals surface area contributed by atoms with Gasteiger partial charge in [0.2, 0.25) is 0 Å². The Balaban J connectivity index is 1.76. The molecule has 24 heavy (non-hydrogen) atoms. The molecule has 1 N–H and O–H groups in total. The first-order valence-electron chi connectivity index (χ1n) is 7.36. The molecule has 0 amide bonds. The number of aromatic nitrogens is 2. The number of hydrogen-bond acceptors (Lipinski definition) is 2. The number of aromatic hydroxyl groups is 1. The second-order valence-corrected chi connectivity index (χ2v) is 5.51. The van der Waals surface area contributed by atoms with Crippen molar-refractivity contribution in [1.29, 1.82) is 0 Å². The summed E-state index contributed by atoms with van der Waals surface area (Å²) in [6.07, 6.45) is -0.429. The molecule has 0 saturated heterocycles. The molecule has 0 fully saturated rings. The van der Waals surface area contributed by atoms with Crippen LogP contribution in [-0.2, 0) is 19.1 Å². The third-order valence-corrected chi connectivity index (χ3v) is 3.71. The van der Waals surface area contributed by atoms with Crippen molar-refractivity contribution in [2.24, 2.45) is 0 Å². The predicted octanol–water partition coefficient (Wildman–Crippen LogP) is 4.25. The molecule has 6 heteroatoms. The number of phenolic OH excluding ortho intramolecular Hbond substituents is 1. The Hall–Kier alpha value is -2.76. The summed E-state index contributed by atoms with van der Waals surface area (Å²) in [5, 5.41) is 9.52. The Labute approximate surface area is 137 Å². The third kappa shape index (κ3) is 3.76. The minimum atomic E-state index is -4.33. The zero-order valence-electron chi connectivity index (χ0n) is 12.7. The predicted molar refractivity (Wildman–Crippen MR) is 83.7 cm³/mol. The van der Waals surface area contributed by atoms with Gasteiger partial charge in [-0.05, 0) is 35.4 Å². The second kappa shape index (κ2) is 6.39. The smallest absolute Gasteiger partial charge is 0.416 e. The number of imidazole rings is 1. The fourth-order valence-electron chi connectivity index (χ4n) is 2.50. The highest BCUT2D eigenvalue weighted by molar-refractivity contribution is 5.29. The molecular weight excluding hydrogens is 317 g/mol. The third-order valence-electron chi connectivity index (χ3n) is 3.71. The lowest BCUT2D eigenvalue weighted by molar-refractivity contribution is -0.137. The molecule has 0 spiro atoms. The molecular formula is C18H15F3N2O. The number of benzene rings is 2. The normalized spacial score (nSPS) is 11.6. The van der Waals surface area contributed by atoms with Crippen LogP contribution in [0.1, 0.15) is 22.5 Å². The number of hydrogen-bond donors (Lipinski definition) is 1. The van der Waals surface area contributed by atoms with Crippen molar-refractivity contribution < 1.29 is 18.3 Å². The summed E-state index contributed by atoms with van der Waals surface area (Å²) in [5.74, 6) is 0.940. The summed E-state index contributed by atoms with van der Waals surface area (Å²) in [7, 11) is 0. The van der Waals surface area contributed by atoms with Crippen molar-refractivity contribution >= 4 is 0 Å². The minimum absolute atomic E-state index is 0.192. The molecule has 0 aliphatic rings. The Morgan fingerprint density at radius 2 is 1.75 bits per heavy atom. The van der Waals surface area contributed by atoms with Crippen LogP contribution in [0.3, 0.4) is 0 Å². The van der Waals surface area contributed by atoms with Gasteiger partial charge in [0.25, 0.3) is 0 Å². The molecule has 0 saturated carbocycles. The second-order valence-electron chi connectivity index (χ2n) is 5.51. The summed E-state index contributed by atoms with van der Waals surface area (Å²) in [6.45, 7) is 0.532. The lowest BCUT2D eigenvalue weighted by Gasteiger charge is -2.10. The van der Waals surface area contributed by atoms with E-state index >= 15 is 0 Å². The van der Waals surface area contributed by atoms with Gasteiger partial charge in [0, 0.05) is 25.4 Å². The van der Waals surface area contributed by atoms with Gasteiger partial charge in [0.1, 0.15) is 11.6 Å². The number of rotatable bonds is 4. The van der Waals surface area contributed by atoms with Crippen LogP contribution in [-0.4, -0.2) is 14.7 Å². The van der Waals surface area contributed by atoms with Crippen molar-refractivity contribution in [2.45, 2.75) is 19.1 Å². The maximum absolute atomic E-state index is 12.6. The molecule has 0 atom stereocenters. The molecule has 124 valence electrons. The van der Waals surface area contributed by atoms with Gasteiger partial charge < -0.3 is 9.67 Å². The molecule has 0 unspecified atom stereocenters. The molecule has 3 nitrogen and oxygen atoms in total. The van der Waals surface area contributed by atoms with Gasteiger partial charge in [-0.1, -0.05) is 24.3 Å². The highest BCUT2D eigenvalue weighted by atomic mass is 19.4. The first-order valence-corrected chi connectivity index (χ1v) is 7.36. The zero-order chi connectivity index (χ0) is 17.2. The van der Waals surface area contributed by atoms with E-state index < -0.39 is 11.7 Å². The Morgan fingerprint density at radius 3 is 2.42 bits per heavy atom. The fraction of sp³-hybridized carbons (Fsp3) is 0.167. The van der Waals surface area contributed by atoms with Crippen molar-refractivity contribution in [2.75, 3.05) is 0 Å². The molecule has 0 aliphatic carbocycles. The summed E-state index contributed by atoms with van der Waals surface area (Å²) >= 11 is 0. The van der Waals surface area contributed by atoms with Gasteiger partial charge >= 0.3 is 6.18 Å². The molecule has 3 rings (SSSR count). The van der Waals surface area contributed by atoms with Crippen LogP contribution in [0.15, 0.2) is 60.9 Å². The van der Waals surface area contributed by atoms with Gasteiger partial charge in [-0.2, -0.15) is 13.2 Å². The van der Waals surface area contributed by atoms with E-state index in [-0.39, 0.29) is 5.75 Å². The highest BCUT2D eigenvalue weighted by Gasteiger charge is 2.29. The summed E-state index contributed by atoms with van der Waals surface area (Å²) < 4.78 is 39.7. The minimum Gasteiger partial charge on any atom is -0.508 e. The van der Waals surface area contributed by atoms with E-state index in [0.717, 1.165) is 29.1 Å². The number of nitrogens with zero attached hydrogens (tertiary/aromatic N) is 2. The van der Waals surface area contributed by atoms with Gasteiger partial charge in [-0.15, -0.1) is 0 Å². The molecule has 2 aromatic carbocycles. The maximum atomic E-state index is 12.6. The largest absolute Gasteiger partial charge is 0.508 e. The van der Waals surface area contributed by atoms with Crippen LogP contribution >= 0.6 is 0 Å². The molecule has 3 aromatic rings. The van der Waals surface area contributed by atoms with Crippen LogP contribution in [0.4, 0.5) is 13.2 Å². The van der Waals surface area contributed by atoms with E-state index in [2.05, 4.69) is 4.98 Å². The number of phenols is 1. The zero-order valence-corrected chi connectivity index (χ0v) is 12.7. The van der Waals surface area contributed by atoms with E-state index in [1.807, 2.05) is 16.8 Å². The SMILES string of the molecule is Oc1cccc(Cn2ccnc2Cc2ccc(C(F)(F)F)cc2)c1. The van der Waals surface area contributed by atoms with Gasteiger partial charge in [0.05, 0.1) is 5.56 Å². The van der Waals surface area contributed by atoms with E-state index in [4.69, 9.17) is 0 Å². The van der Waals surface area contributed by atoms with E-state index in [9.17, 15) is 18.3 Å². The van der Waals surface area contributed by atoms with Crippen LogP contribution in [0.25, 0.3) is 0 Å². The summed E-state index contributed by atoms with van der Waals surface area (Å²) in [4.78, 5) is 4.28. The van der Waals surface area contributed by atoms with Gasteiger partial charge in [-0.25, -0.2) is 4.98 Å². The lowest BCUT2D eigenvalue weighted by Crippen LogP contribution is -2.07. The first-order chi connectivity index (χ1) is 11.4. The molecule has 0 bridgehead atoms. The molecule has 0 radical (unpaired) electrons. The number of alkyl halides is 3. The Kier molecular flexibility index (Phi) is 4.29. The average Bonchev–Trinajstić information content (AvgIpc) is 2.94. The van der Waals surface area contributed by atoms with Crippen LogP contribution in [0.5, 0.6) is 5.75 Å². The van der Waals surface area contributed by atoms with Gasteiger partial charge in [-0.3, -0.25) is 0 Å². The maximum Gasteiger partial charge on any atom is 0.416 e. The van der Waals surface area contributed by atoms with Crippen molar-refractivity contribution in [3.05, 3.63) is 83.4 Å². The molecule has 0 aliphatic heterocycles. The Bertz CT molecular complexity index is 823. The molecule has 1 heterocycles. The summed E-state index contributed by atoms with van der Waals surface area (Å²) in [5.41, 5.74) is 1.02. The van der Waals surface area contributed by atoms with Crippen LogP contribution < -0.4 is 0 Å². The monoisotopic (exact) mass is 332 g/mol. The standard InChI is InChI=1S/C18H15F3N2O/c19-18(20,21)15-6-4-13(5-7-15)11-17-22-8-9-23(17)12-14-2-1-3-16(24)10-14/h1-10,24H,11-12H2. The van der Waals surface area contributed by atoms with Crippen molar-refractivity contribution in [3.63, 3.8) is 0 Å². The van der Waals surface area contributed by atoms with E-state index in [0.29, 0.717) is 13.0 Å². The van der Waals surface area contributed by atoms with Gasteiger partial charge in [0.15, 0.2) is 0 Å². The lowest BCUT2D eigenvalue weighted by atomic mass is 10.1. The summed E-state index contributed by atoms with van der Waals surface area (Å²) in [6, 6.07) is 12.0. The topological polar surface area (TPSA) is 38.0 Å². The highest BCUT2D eigenvalue weighted by Crippen LogP contribution is 2.29. The fourth-order valence-corrected chi connectivity index (χ4v) is 2.50. The van der Waals surface area contributed by atoms with E-state index in [1.54, 1.807) is 24.4 Å². The number of halogens is 3. The molecule has 1 aromatic heterocycles. The van der Waals surface area contributed by atoms with Crippen LogP contribution in [0, 0.1) is 0 Å². The quantitative estimate of drug-likeness (QED) is 0.776. The Morgan fingerprint density at radius 1 is 1.00 bits per heavy atom. The average molecular weight is 332 g/mol. The first kappa shape index (κ1) is 16.1. The van der Waals surface area contributed by atoms with Crippen molar-refractivity contribution in [1.82, 2.24) is 9.55 Å². The van der Waals surface area contributed by atoms with Crippen molar-refractivity contribution in [3.8, 4) is 5.75 Å².